The SMILES string of the molecule is CCCCN(CCO)c1ncnc(OC)c1N. The van der Waals surface area contributed by atoms with Gasteiger partial charge in [-0.25, -0.2) is 4.98 Å². The summed E-state index contributed by atoms with van der Waals surface area (Å²) < 4.78 is 5.05. The summed E-state index contributed by atoms with van der Waals surface area (Å²) in [6, 6.07) is 0. The van der Waals surface area contributed by atoms with Crippen LogP contribution in [0.3, 0.4) is 0 Å². The first-order valence-electron chi connectivity index (χ1n) is 5.74. The highest BCUT2D eigenvalue weighted by Gasteiger charge is 2.14. The molecule has 0 unspecified atom stereocenters. The maximum absolute atomic E-state index is 9.06. The molecule has 1 aromatic rings. The number of aliphatic hydroxyl groups is 1. The predicted molar refractivity (Wildman–Crippen MR) is 67.2 cm³/mol. The molecule has 0 fully saturated rings. The number of methoxy groups -OCH3 is 1. The van der Waals surface area contributed by atoms with Crippen molar-refractivity contribution in [2.24, 2.45) is 0 Å². The van der Waals surface area contributed by atoms with Gasteiger partial charge in [-0.1, -0.05) is 13.3 Å². The van der Waals surface area contributed by atoms with Gasteiger partial charge in [0, 0.05) is 13.1 Å². The van der Waals surface area contributed by atoms with Gasteiger partial charge in [-0.3, -0.25) is 0 Å². The first-order valence-corrected chi connectivity index (χ1v) is 5.74. The van der Waals surface area contributed by atoms with Crippen molar-refractivity contribution >= 4 is 11.5 Å². The molecule has 96 valence electrons. The van der Waals surface area contributed by atoms with Crippen molar-refractivity contribution in [3.8, 4) is 5.88 Å². The van der Waals surface area contributed by atoms with E-state index in [0.717, 1.165) is 19.4 Å². The molecule has 17 heavy (non-hydrogen) atoms. The van der Waals surface area contributed by atoms with Crippen molar-refractivity contribution in [3.63, 3.8) is 0 Å². The fourth-order valence-corrected chi connectivity index (χ4v) is 1.58. The molecule has 3 N–H and O–H groups in total. The maximum Gasteiger partial charge on any atom is 0.242 e. The van der Waals surface area contributed by atoms with Gasteiger partial charge in [-0.05, 0) is 6.42 Å². The molecule has 0 bridgehead atoms. The van der Waals surface area contributed by atoms with Gasteiger partial charge in [0.25, 0.3) is 0 Å². The van der Waals surface area contributed by atoms with Crippen molar-refractivity contribution in [2.45, 2.75) is 19.8 Å². The molecular formula is C11H20N4O2. The molecule has 0 spiro atoms. The van der Waals surface area contributed by atoms with Gasteiger partial charge in [0.2, 0.25) is 5.88 Å². The van der Waals surface area contributed by atoms with E-state index in [0.29, 0.717) is 23.9 Å². The van der Waals surface area contributed by atoms with E-state index in [-0.39, 0.29) is 6.61 Å². The highest BCUT2D eigenvalue weighted by Crippen LogP contribution is 2.27. The van der Waals surface area contributed by atoms with E-state index >= 15 is 0 Å². The van der Waals surface area contributed by atoms with Gasteiger partial charge >= 0.3 is 0 Å². The first-order chi connectivity index (χ1) is 8.24. The van der Waals surface area contributed by atoms with Crippen molar-refractivity contribution in [2.75, 3.05) is 37.4 Å². The minimum Gasteiger partial charge on any atom is -0.479 e. The molecule has 0 saturated carbocycles. The number of hydrogen-bond acceptors (Lipinski definition) is 6. The van der Waals surface area contributed by atoms with Crippen LogP contribution in [0, 0.1) is 0 Å². The van der Waals surface area contributed by atoms with E-state index in [1.807, 2.05) is 4.90 Å². The van der Waals surface area contributed by atoms with Crippen LogP contribution in [0.2, 0.25) is 0 Å². The lowest BCUT2D eigenvalue weighted by Crippen LogP contribution is -2.29. The molecule has 0 saturated heterocycles. The Morgan fingerprint density at radius 1 is 1.41 bits per heavy atom. The summed E-state index contributed by atoms with van der Waals surface area (Å²) in [5, 5.41) is 9.06. The van der Waals surface area contributed by atoms with Crippen molar-refractivity contribution < 1.29 is 9.84 Å². The summed E-state index contributed by atoms with van der Waals surface area (Å²) >= 11 is 0. The number of rotatable bonds is 7. The third-order valence-electron chi connectivity index (χ3n) is 2.47. The van der Waals surface area contributed by atoms with E-state index in [1.54, 1.807) is 0 Å². The fraction of sp³-hybridized carbons (Fsp3) is 0.636. The minimum absolute atomic E-state index is 0.0650. The first kappa shape index (κ1) is 13.5. The van der Waals surface area contributed by atoms with Crippen LogP contribution < -0.4 is 15.4 Å². The normalized spacial score (nSPS) is 10.3. The Morgan fingerprint density at radius 2 is 2.18 bits per heavy atom. The van der Waals surface area contributed by atoms with Crippen LogP contribution in [0.4, 0.5) is 11.5 Å². The number of ether oxygens (including phenoxy) is 1. The van der Waals surface area contributed by atoms with Crippen molar-refractivity contribution in [1.29, 1.82) is 0 Å². The molecule has 6 nitrogen and oxygen atoms in total. The Bertz CT molecular complexity index is 346. The monoisotopic (exact) mass is 240 g/mol. The van der Waals surface area contributed by atoms with Crippen LogP contribution in [0.15, 0.2) is 6.33 Å². The Labute approximate surface area is 101 Å². The molecule has 1 heterocycles. The molecule has 6 heteroatoms. The number of unbranched alkanes of at least 4 members (excludes halogenated alkanes) is 1. The summed E-state index contributed by atoms with van der Waals surface area (Å²) in [5.74, 6) is 0.994. The van der Waals surface area contributed by atoms with Crippen LogP contribution in [-0.4, -0.2) is 41.9 Å². The van der Waals surface area contributed by atoms with E-state index in [9.17, 15) is 0 Å². The number of nitrogens with two attached hydrogens (primary N) is 1. The summed E-state index contributed by atoms with van der Waals surface area (Å²) in [4.78, 5) is 10.0. The van der Waals surface area contributed by atoms with Gasteiger partial charge in [-0.15, -0.1) is 0 Å². The number of hydrogen-bond donors (Lipinski definition) is 2. The number of aromatic nitrogens is 2. The molecule has 0 radical (unpaired) electrons. The van der Waals surface area contributed by atoms with E-state index < -0.39 is 0 Å². The number of anilines is 2. The number of aliphatic hydroxyl groups excluding tert-OH is 1. The fourth-order valence-electron chi connectivity index (χ4n) is 1.58. The maximum atomic E-state index is 9.06. The average Bonchev–Trinajstić information content (AvgIpc) is 2.35. The summed E-state index contributed by atoms with van der Waals surface area (Å²) in [6.45, 7) is 3.49. The van der Waals surface area contributed by atoms with Crippen LogP contribution >= 0.6 is 0 Å². The Kier molecular flexibility index (Phi) is 5.48. The smallest absolute Gasteiger partial charge is 0.242 e. The molecule has 0 aromatic carbocycles. The van der Waals surface area contributed by atoms with Crippen molar-refractivity contribution in [1.82, 2.24) is 9.97 Å². The molecule has 1 rings (SSSR count). The predicted octanol–water partition coefficient (Wildman–Crippen LogP) is 0.666. The average molecular weight is 240 g/mol. The summed E-state index contributed by atoms with van der Waals surface area (Å²) in [7, 11) is 1.52. The van der Waals surface area contributed by atoms with Crippen molar-refractivity contribution in [3.05, 3.63) is 6.33 Å². The lowest BCUT2D eigenvalue weighted by Gasteiger charge is -2.24. The molecular weight excluding hydrogens is 220 g/mol. The van der Waals surface area contributed by atoms with E-state index in [4.69, 9.17) is 15.6 Å². The highest BCUT2D eigenvalue weighted by molar-refractivity contribution is 5.67. The van der Waals surface area contributed by atoms with Crippen LogP contribution in [0.1, 0.15) is 19.8 Å². The third-order valence-corrected chi connectivity index (χ3v) is 2.47. The number of nitrogen functional groups attached to an aromatic ring is 1. The Hall–Kier alpha value is -1.56. The second-order valence-corrected chi connectivity index (χ2v) is 3.68. The molecule has 0 aliphatic rings. The topological polar surface area (TPSA) is 84.5 Å². The van der Waals surface area contributed by atoms with Crippen LogP contribution in [0.25, 0.3) is 0 Å². The zero-order valence-corrected chi connectivity index (χ0v) is 10.4. The lowest BCUT2D eigenvalue weighted by molar-refractivity contribution is 0.301. The molecule has 0 aliphatic heterocycles. The Morgan fingerprint density at radius 3 is 2.76 bits per heavy atom. The van der Waals surface area contributed by atoms with Crippen LogP contribution in [0.5, 0.6) is 5.88 Å². The minimum atomic E-state index is 0.0650. The van der Waals surface area contributed by atoms with Gasteiger partial charge in [0.1, 0.15) is 12.0 Å². The van der Waals surface area contributed by atoms with E-state index in [2.05, 4.69) is 16.9 Å². The van der Waals surface area contributed by atoms with E-state index in [1.165, 1.54) is 13.4 Å². The zero-order chi connectivity index (χ0) is 12.7. The lowest BCUT2D eigenvalue weighted by atomic mass is 10.3. The quantitative estimate of drug-likeness (QED) is 0.728. The summed E-state index contributed by atoms with van der Waals surface area (Å²) in [6.07, 6.45) is 3.51. The second kappa shape index (κ2) is 6.90. The van der Waals surface area contributed by atoms with Gasteiger partial charge < -0.3 is 20.5 Å². The molecule has 0 aliphatic carbocycles. The second-order valence-electron chi connectivity index (χ2n) is 3.68. The summed E-state index contributed by atoms with van der Waals surface area (Å²) in [5.41, 5.74) is 6.34. The number of nitrogens with zero attached hydrogens (tertiary/aromatic N) is 3. The molecule has 1 aromatic heterocycles. The van der Waals surface area contributed by atoms with Crippen LogP contribution in [-0.2, 0) is 0 Å². The van der Waals surface area contributed by atoms with Gasteiger partial charge in [0.15, 0.2) is 5.82 Å². The largest absolute Gasteiger partial charge is 0.479 e. The highest BCUT2D eigenvalue weighted by atomic mass is 16.5. The van der Waals surface area contributed by atoms with Gasteiger partial charge in [-0.2, -0.15) is 4.98 Å². The molecule has 0 amide bonds. The standard InChI is InChI=1S/C11H20N4O2/c1-3-4-5-15(6-7-16)10-9(12)11(17-2)14-8-13-10/h8,16H,3-7,12H2,1-2H3. The zero-order valence-electron chi connectivity index (χ0n) is 10.4. The third kappa shape index (κ3) is 3.45. The Balaban J connectivity index is 2.92. The van der Waals surface area contributed by atoms with Gasteiger partial charge in [0.05, 0.1) is 13.7 Å². The molecule has 0 atom stereocenters.